The SMILES string of the molecule is CCC1NC(=O)CC(c2ccccc2)N1. The molecular weight excluding hydrogens is 188 g/mol. The molecule has 1 fully saturated rings. The lowest BCUT2D eigenvalue weighted by molar-refractivity contribution is -0.124. The molecule has 1 aliphatic heterocycles. The zero-order chi connectivity index (χ0) is 10.7. The maximum Gasteiger partial charge on any atom is 0.223 e. The Morgan fingerprint density at radius 3 is 2.73 bits per heavy atom. The first-order valence-electron chi connectivity index (χ1n) is 5.40. The molecule has 1 heterocycles. The molecule has 1 saturated heterocycles. The fourth-order valence-corrected chi connectivity index (χ4v) is 1.90. The Morgan fingerprint density at radius 1 is 1.33 bits per heavy atom. The lowest BCUT2D eigenvalue weighted by Crippen LogP contribution is -2.52. The number of hydrogen-bond acceptors (Lipinski definition) is 2. The Hall–Kier alpha value is -1.35. The number of nitrogens with one attached hydrogen (secondary N) is 2. The van der Waals surface area contributed by atoms with E-state index >= 15 is 0 Å². The maximum absolute atomic E-state index is 11.5. The van der Waals surface area contributed by atoms with Gasteiger partial charge < -0.3 is 5.32 Å². The van der Waals surface area contributed by atoms with E-state index in [0.29, 0.717) is 6.42 Å². The third kappa shape index (κ3) is 2.36. The van der Waals surface area contributed by atoms with Crippen LogP contribution in [-0.2, 0) is 4.79 Å². The molecule has 15 heavy (non-hydrogen) atoms. The molecule has 2 unspecified atom stereocenters. The van der Waals surface area contributed by atoms with Gasteiger partial charge in [0.2, 0.25) is 5.91 Å². The van der Waals surface area contributed by atoms with E-state index in [2.05, 4.69) is 29.7 Å². The lowest BCUT2D eigenvalue weighted by Gasteiger charge is -2.31. The van der Waals surface area contributed by atoms with Crippen molar-refractivity contribution in [1.29, 1.82) is 0 Å². The van der Waals surface area contributed by atoms with Crippen molar-refractivity contribution >= 4 is 5.91 Å². The molecule has 1 amide bonds. The van der Waals surface area contributed by atoms with E-state index in [4.69, 9.17) is 0 Å². The summed E-state index contributed by atoms with van der Waals surface area (Å²) in [6, 6.07) is 10.3. The third-order valence-corrected chi connectivity index (χ3v) is 2.74. The van der Waals surface area contributed by atoms with Crippen LogP contribution in [0.25, 0.3) is 0 Å². The molecule has 1 aromatic rings. The van der Waals surface area contributed by atoms with Crippen molar-refractivity contribution in [3.8, 4) is 0 Å². The topological polar surface area (TPSA) is 41.1 Å². The van der Waals surface area contributed by atoms with Gasteiger partial charge in [-0.25, -0.2) is 0 Å². The van der Waals surface area contributed by atoms with Crippen LogP contribution in [0.3, 0.4) is 0 Å². The molecule has 2 atom stereocenters. The Labute approximate surface area is 89.9 Å². The Kier molecular flexibility index (Phi) is 3.02. The van der Waals surface area contributed by atoms with Crippen LogP contribution in [-0.4, -0.2) is 12.1 Å². The van der Waals surface area contributed by atoms with Crippen LogP contribution >= 0.6 is 0 Å². The fraction of sp³-hybridized carbons (Fsp3) is 0.417. The average molecular weight is 204 g/mol. The summed E-state index contributed by atoms with van der Waals surface area (Å²) in [6.45, 7) is 2.06. The standard InChI is InChI=1S/C12H16N2O/c1-2-11-13-10(8-12(15)14-11)9-6-4-3-5-7-9/h3-7,10-11,13H,2,8H2,1H3,(H,14,15). The van der Waals surface area contributed by atoms with Crippen molar-refractivity contribution in [3.05, 3.63) is 35.9 Å². The number of rotatable bonds is 2. The average Bonchev–Trinajstić information content (AvgIpc) is 2.29. The van der Waals surface area contributed by atoms with Crippen LogP contribution < -0.4 is 10.6 Å². The van der Waals surface area contributed by atoms with Crippen molar-refractivity contribution in [2.75, 3.05) is 0 Å². The van der Waals surface area contributed by atoms with Gasteiger partial charge in [-0.1, -0.05) is 37.3 Å². The first-order valence-corrected chi connectivity index (χ1v) is 5.40. The number of carbonyl (C=O) groups is 1. The van der Waals surface area contributed by atoms with Gasteiger partial charge in [-0.3, -0.25) is 10.1 Å². The quantitative estimate of drug-likeness (QED) is 0.767. The van der Waals surface area contributed by atoms with Gasteiger partial charge >= 0.3 is 0 Å². The zero-order valence-electron chi connectivity index (χ0n) is 8.86. The molecule has 3 nitrogen and oxygen atoms in total. The van der Waals surface area contributed by atoms with Gasteiger partial charge in [-0.15, -0.1) is 0 Å². The highest BCUT2D eigenvalue weighted by Gasteiger charge is 2.25. The predicted molar refractivity (Wildman–Crippen MR) is 59.2 cm³/mol. The molecule has 0 spiro atoms. The number of hydrogen-bond donors (Lipinski definition) is 2. The van der Waals surface area contributed by atoms with E-state index in [9.17, 15) is 4.79 Å². The molecule has 0 aliphatic carbocycles. The summed E-state index contributed by atoms with van der Waals surface area (Å²) >= 11 is 0. The fourth-order valence-electron chi connectivity index (χ4n) is 1.90. The normalized spacial score (nSPS) is 26.1. The summed E-state index contributed by atoms with van der Waals surface area (Å²) in [4.78, 5) is 11.5. The van der Waals surface area contributed by atoms with Gasteiger partial charge in [0.25, 0.3) is 0 Å². The Morgan fingerprint density at radius 2 is 2.07 bits per heavy atom. The highest BCUT2D eigenvalue weighted by atomic mass is 16.2. The minimum atomic E-state index is 0.108. The predicted octanol–water partition coefficient (Wildman–Crippen LogP) is 1.57. The van der Waals surface area contributed by atoms with Crippen LogP contribution in [0.4, 0.5) is 0 Å². The van der Waals surface area contributed by atoms with Gasteiger partial charge in [0, 0.05) is 12.5 Å². The van der Waals surface area contributed by atoms with E-state index < -0.39 is 0 Å². The van der Waals surface area contributed by atoms with Crippen molar-refractivity contribution in [2.24, 2.45) is 0 Å². The van der Waals surface area contributed by atoms with E-state index in [1.165, 1.54) is 5.56 Å². The van der Waals surface area contributed by atoms with Crippen LogP contribution in [0, 0.1) is 0 Å². The van der Waals surface area contributed by atoms with Gasteiger partial charge in [-0.2, -0.15) is 0 Å². The second kappa shape index (κ2) is 4.45. The molecular formula is C12H16N2O. The Balaban J connectivity index is 2.12. The molecule has 1 aromatic carbocycles. The van der Waals surface area contributed by atoms with E-state index in [1.807, 2.05) is 18.2 Å². The van der Waals surface area contributed by atoms with Crippen LogP contribution in [0.15, 0.2) is 30.3 Å². The highest BCUT2D eigenvalue weighted by molar-refractivity contribution is 5.78. The lowest BCUT2D eigenvalue weighted by atomic mass is 10.0. The molecule has 0 radical (unpaired) electrons. The van der Waals surface area contributed by atoms with Crippen LogP contribution in [0.1, 0.15) is 31.4 Å². The summed E-state index contributed by atoms with van der Waals surface area (Å²) in [7, 11) is 0. The maximum atomic E-state index is 11.5. The Bertz CT molecular complexity index is 337. The molecule has 80 valence electrons. The van der Waals surface area contributed by atoms with E-state index in [1.54, 1.807) is 0 Å². The van der Waals surface area contributed by atoms with Crippen molar-refractivity contribution < 1.29 is 4.79 Å². The van der Waals surface area contributed by atoms with Gasteiger partial charge in [0.1, 0.15) is 0 Å². The molecule has 3 heteroatoms. The minimum absolute atomic E-state index is 0.108. The minimum Gasteiger partial charge on any atom is -0.341 e. The monoisotopic (exact) mass is 204 g/mol. The molecule has 1 aliphatic rings. The number of benzene rings is 1. The number of amides is 1. The second-order valence-corrected chi connectivity index (χ2v) is 3.86. The van der Waals surface area contributed by atoms with Gasteiger partial charge in [-0.05, 0) is 12.0 Å². The third-order valence-electron chi connectivity index (χ3n) is 2.74. The summed E-state index contributed by atoms with van der Waals surface area (Å²) in [5.74, 6) is 0.134. The summed E-state index contributed by atoms with van der Waals surface area (Å²) in [5.41, 5.74) is 1.19. The van der Waals surface area contributed by atoms with Gasteiger partial charge in [0.05, 0.1) is 6.17 Å². The van der Waals surface area contributed by atoms with E-state index in [0.717, 1.165) is 6.42 Å². The molecule has 2 rings (SSSR count). The van der Waals surface area contributed by atoms with Crippen molar-refractivity contribution in [1.82, 2.24) is 10.6 Å². The van der Waals surface area contributed by atoms with Crippen molar-refractivity contribution in [3.63, 3.8) is 0 Å². The molecule has 0 saturated carbocycles. The van der Waals surface area contributed by atoms with E-state index in [-0.39, 0.29) is 18.1 Å². The molecule has 2 N–H and O–H groups in total. The van der Waals surface area contributed by atoms with Crippen molar-refractivity contribution in [2.45, 2.75) is 32.0 Å². The summed E-state index contributed by atoms with van der Waals surface area (Å²) in [6.07, 6.45) is 1.55. The highest BCUT2D eigenvalue weighted by Crippen LogP contribution is 2.20. The van der Waals surface area contributed by atoms with Crippen LogP contribution in [0.5, 0.6) is 0 Å². The summed E-state index contributed by atoms with van der Waals surface area (Å²) < 4.78 is 0. The largest absolute Gasteiger partial charge is 0.341 e. The van der Waals surface area contributed by atoms with Crippen LogP contribution in [0.2, 0.25) is 0 Å². The smallest absolute Gasteiger partial charge is 0.223 e. The first-order chi connectivity index (χ1) is 7.29. The second-order valence-electron chi connectivity index (χ2n) is 3.86. The zero-order valence-corrected chi connectivity index (χ0v) is 8.86. The molecule has 0 bridgehead atoms. The summed E-state index contributed by atoms with van der Waals surface area (Å²) in [5, 5.41) is 6.33. The molecule has 0 aromatic heterocycles. The van der Waals surface area contributed by atoms with Gasteiger partial charge in [0.15, 0.2) is 0 Å². The first kappa shape index (κ1) is 10.2. The number of carbonyl (C=O) groups excluding carboxylic acids is 1.